The summed E-state index contributed by atoms with van der Waals surface area (Å²) >= 11 is 0. The molecule has 0 heteroatoms. The van der Waals surface area contributed by atoms with Crippen molar-refractivity contribution in [2.75, 3.05) is 0 Å². The Balaban J connectivity index is 1.45. The Morgan fingerprint density at radius 3 is 1.45 bits per heavy atom. The van der Waals surface area contributed by atoms with Crippen LogP contribution in [0.5, 0.6) is 0 Å². The highest BCUT2D eigenvalue weighted by molar-refractivity contribution is 5.85. The molecule has 5 aliphatic carbocycles. The maximum absolute atomic E-state index is 2.70. The maximum atomic E-state index is 2.70. The van der Waals surface area contributed by atoms with Gasteiger partial charge in [-0.25, -0.2) is 0 Å². The van der Waals surface area contributed by atoms with Crippen molar-refractivity contribution in [3.8, 4) is 0 Å². The Bertz CT molecular complexity index is 1620. The zero-order chi connectivity index (χ0) is 26.3. The summed E-state index contributed by atoms with van der Waals surface area (Å²) in [6.07, 6.45) is 12.8. The van der Waals surface area contributed by atoms with Crippen molar-refractivity contribution in [3.63, 3.8) is 0 Å². The molecule has 0 spiro atoms. The van der Waals surface area contributed by atoms with Gasteiger partial charge < -0.3 is 0 Å². The molecule has 0 nitrogen and oxygen atoms in total. The van der Waals surface area contributed by atoms with E-state index < -0.39 is 0 Å². The minimum Gasteiger partial charge on any atom is -0.0839 e. The summed E-state index contributed by atoms with van der Waals surface area (Å²) in [5.74, 6) is 3.71. The van der Waals surface area contributed by atoms with Gasteiger partial charge in [0.25, 0.3) is 0 Å². The van der Waals surface area contributed by atoms with Crippen LogP contribution in [0.2, 0.25) is 0 Å². The van der Waals surface area contributed by atoms with E-state index in [1.54, 1.807) is 11.1 Å². The first kappa shape index (κ1) is 22.6. The topological polar surface area (TPSA) is 0 Å². The molecule has 2 saturated carbocycles. The van der Waals surface area contributed by atoms with E-state index in [1.165, 1.54) is 27.8 Å². The molecule has 0 unspecified atom stereocenters. The van der Waals surface area contributed by atoms with Crippen molar-refractivity contribution >= 4 is 5.57 Å². The van der Waals surface area contributed by atoms with E-state index >= 15 is 0 Å². The third-order valence-corrected chi connectivity index (χ3v) is 10.8. The molecule has 4 aromatic carbocycles. The Hall–Kier alpha value is -4.16. The highest BCUT2D eigenvalue weighted by Gasteiger charge is 2.69. The largest absolute Gasteiger partial charge is 0.0839 e. The van der Waals surface area contributed by atoms with E-state index in [0.29, 0.717) is 41.4 Å². The van der Waals surface area contributed by atoms with Crippen molar-refractivity contribution in [3.05, 3.63) is 185 Å². The van der Waals surface area contributed by atoms with Gasteiger partial charge in [0.15, 0.2) is 0 Å². The third-order valence-electron chi connectivity index (χ3n) is 10.8. The van der Waals surface area contributed by atoms with E-state index in [9.17, 15) is 0 Å². The van der Waals surface area contributed by atoms with Gasteiger partial charge in [-0.3, -0.25) is 0 Å². The fourth-order valence-corrected chi connectivity index (χ4v) is 9.36. The van der Waals surface area contributed by atoms with Crippen molar-refractivity contribution in [1.82, 2.24) is 0 Å². The predicted octanol–water partition coefficient (Wildman–Crippen LogP) is 8.90. The molecule has 192 valence electrons. The molecule has 2 bridgehead atoms. The van der Waals surface area contributed by atoms with Crippen LogP contribution in [0.1, 0.15) is 22.3 Å². The highest BCUT2D eigenvalue weighted by atomic mass is 14.7. The smallest absolute Gasteiger partial charge is 0.0485 e. The monoisotopic (exact) mass is 512 g/mol. The van der Waals surface area contributed by atoms with Crippen molar-refractivity contribution < 1.29 is 0 Å². The van der Waals surface area contributed by atoms with Gasteiger partial charge >= 0.3 is 0 Å². The van der Waals surface area contributed by atoms with Crippen LogP contribution in [-0.2, 0) is 5.41 Å². The molecule has 0 radical (unpaired) electrons. The van der Waals surface area contributed by atoms with Crippen LogP contribution in [0.15, 0.2) is 163 Å². The number of rotatable bonds is 4. The molecule has 0 amide bonds. The van der Waals surface area contributed by atoms with E-state index in [2.05, 4.69) is 152 Å². The first-order valence-electron chi connectivity index (χ1n) is 14.9. The van der Waals surface area contributed by atoms with E-state index in [-0.39, 0.29) is 5.41 Å². The maximum Gasteiger partial charge on any atom is 0.0485 e. The molecule has 2 fully saturated rings. The van der Waals surface area contributed by atoms with Crippen molar-refractivity contribution in [2.24, 2.45) is 41.4 Å². The predicted molar refractivity (Wildman–Crippen MR) is 163 cm³/mol. The minimum absolute atomic E-state index is 0.197. The molecule has 7 atom stereocenters. The zero-order valence-electron chi connectivity index (χ0n) is 22.5. The number of allylic oxidation sites excluding steroid dienone is 7. The summed E-state index contributed by atoms with van der Waals surface area (Å²) in [6, 6.07) is 45.5. The van der Waals surface area contributed by atoms with Crippen molar-refractivity contribution in [2.45, 2.75) is 5.41 Å². The van der Waals surface area contributed by atoms with Gasteiger partial charge in [-0.2, -0.15) is 0 Å². The second-order valence-corrected chi connectivity index (χ2v) is 12.3. The summed E-state index contributed by atoms with van der Waals surface area (Å²) in [5, 5.41) is 0. The molecule has 0 aliphatic heterocycles. The third kappa shape index (κ3) is 2.82. The average molecular weight is 513 g/mol. The molecule has 0 aromatic heterocycles. The van der Waals surface area contributed by atoms with Crippen LogP contribution in [0.25, 0.3) is 5.57 Å². The van der Waals surface area contributed by atoms with E-state index in [1.807, 2.05) is 0 Å². The Morgan fingerprint density at radius 2 is 0.975 bits per heavy atom. The lowest BCUT2D eigenvalue weighted by molar-refractivity contribution is 0.254. The molecule has 0 N–H and O–H groups in total. The average Bonchev–Trinajstić information content (AvgIpc) is 3.35. The number of hydrogen-bond donors (Lipinski definition) is 0. The number of hydrogen-bond acceptors (Lipinski definition) is 0. The standard InChI is InChI=1S/C40H32/c1-5-13-26(14-6-1)35(27-15-7-2-8-16-27)38-37-32-23-24-33(32)39(38)40(29-17-9-3-10-18-29,30-19-11-4-12-20-30)34-25-28-21-22-31(28)36(34)37/h1-25,28,31-33,36-37,39H/t28-,31-,32-,33+,36+,37-,39-/m1/s1. The SMILES string of the molecule is C1=C[C@@H]2[C@H]1C=C1[C@H]2[C@@H]2C(=C(c3ccccc3)c3ccccc3)[C@@H]([C@H]3C=C[C@H]32)C1(c1ccccc1)c1ccccc1. The summed E-state index contributed by atoms with van der Waals surface area (Å²) in [6.45, 7) is 0. The molecular formula is C40H32. The highest BCUT2D eigenvalue weighted by Crippen LogP contribution is 2.74. The van der Waals surface area contributed by atoms with Gasteiger partial charge in [0.1, 0.15) is 0 Å². The van der Waals surface area contributed by atoms with Crippen LogP contribution in [0, 0.1) is 41.4 Å². The van der Waals surface area contributed by atoms with Gasteiger partial charge in [-0.1, -0.05) is 163 Å². The molecule has 0 saturated heterocycles. The van der Waals surface area contributed by atoms with E-state index in [0.717, 1.165) is 0 Å². The Morgan fingerprint density at radius 1 is 0.475 bits per heavy atom. The lowest BCUT2D eigenvalue weighted by atomic mass is 9.50. The summed E-state index contributed by atoms with van der Waals surface area (Å²) in [7, 11) is 0. The van der Waals surface area contributed by atoms with Crippen molar-refractivity contribution in [1.29, 1.82) is 0 Å². The summed E-state index contributed by atoms with van der Waals surface area (Å²) in [4.78, 5) is 0. The first-order chi connectivity index (χ1) is 19.9. The van der Waals surface area contributed by atoms with Crippen LogP contribution in [0.3, 0.4) is 0 Å². The van der Waals surface area contributed by atoms with Gasteiger partial charge in [-0.15, -0.1) is 0 Å². The number of fused-ring (bicyclic) bond motifs is 9. The second-order valence-electron chi connectivity index (χ2n) is 12.3. The molecule has 5 aliphatic rings. The van der Waals surface area contributed by atoms with Crippen LogP contribution < -0.4 is 0 Å². The first-order valence-corrected chi connectivity index (χ1v) is 14.9. The van der Waals surface area contributed by atoms with Gasteiger partial charge in [0.05, 0.1) is 0 Å². The second kappa shape index (κ2) is 8.42. The molecular weight excluding hydrogens is 480 g/mol. The fourth-order valence-electron chi connectivity index (χ4n) is 9.36. The normalized spacial score (nSPS) is 31.4. The summed E-state index contributed by atoms with van der Waals surface area (Å²) < 4.78 is 0. The van der Waals surface area contributed by atoms with Gasteiger partial charge in [0, 0.05) is 17.3 Å². The number of benzene rings is 4. The Labute approximate surface area is 237 Å². The lowest BCUT2D eigenvalue weighted by Crippen LogP contribution is -2.47. The van der Waals surface area contributed by atoms with E-state index in [4.69, 9.17) is 0 Å². The van der Waals surface area contributed by atoms with Crippen LogP contribution in [0.4, 0.5) is 0 Å². The fraction of sp³-hybridized carbons (Fsp3) is 0.200. The zero-order valence-corrected chi connectivity index (χ0v) is 22.5. The molecule has 4 aromatic rings. The lowest BCUT2D eigenvalue weighted by Gasteiger charge is -2.52. The minimum atomic E-state index is -0.197. The van der Waals surface area contributed by atoms with Gasteiger partial charge in [-0.05, 0) is 57.4 Å². The van der Waals surface area contributed by atoms with Gasteiger partial charge in [0.2, 0.25) is 0 Å². The van der Waals surface area contributed by atoms with Crippen LogP contribution in [-0.4, -0.2) is 0 Å². The quantitative estimate of drug-likeness (QED) is 0.240. The van der Waals surface area contributed by atoms with Crippen LogP contribution >= 0.6 is 0 Å². The molecule has 9 rings (SSSR count). The Kier molecular flexibility index (Phi) is 4.76. The summed E-state index contributed by atoms with van der Waals surface area (Å²) in [5.41, 5.74) is 10.2. The molecule has 40 heavy (non-hydrogen) atoms. The molecule has 0 heterocycles.